The van der Waals surface area contributed by atoms with Gasteiger partial charge in [0.15, 0.2) is 0 Å². The molecular formula is C37H51N5O6S. The van der Waals surface area contributed by atoms with Crippen molar-refractivity contribution in [2.24, 2.45) is 11.8 Å². The quantitative estimate of drug-likeness (QED) is 0.322. The number of aryl methyl sites for hydroxylation is 1. The van der Waals surface area contributed by atoms with Gasteiger partial charge in [0.25, 0.3) is 5.91 Å². The number of hydrogen-bond donors (Lipinski definition) is 5. The minimum Gasteiger partial charge on any atom is -0.508 e. The van der Waals surface area contributed by atoms with Crippen LogP contribution in [0.15, 0.2) is 29.6 Å². The molecule has 1 aliphatic carbocycles. The summed E-state index contributed by atoms with van der Waals surface area (Å²) in [6, 6.07) is 4.47. The first-order chi connectivity index (χ1) is 23.5. The Hall–Kier alpha value is -3.93. The van der Waals surface area contributed by atoms with Crippen molar-refractivity contribution in [2.45, 2.75) is 116 Å². The van der Waals surface area contributed by atoms with E-state index in [0.717, 1.165) is 36.8 Å². The number of phenolic OH excluding ortho intramolecular Hbond substituents is 1. The van der Waals surface area contributed by atoms with Crippen LogP contribution in [0, 0.1) is 11.8 Å². The summed E-state index contributed by atoms with van der Waals surface area (Å²) in [6.07, 6.45) is 6.72. The maximum atomic E-state index is 13.8. The highest BCUT2D eigenvalue weighted by Gasteiger charge is 2.41. The van der Waals surface area contributed by atoms with Gasteiger partial charge in [0.1, 0.15) is 17.8 Å². The number of nitrogens with one attached hydrogen (secondary N) is 4. The summed E-state index contributed by atoms with van der Waals surface area (Å²) in [5.74, 6) is -0.917. The Morgan fingerprint density at radius 3 is 2.51 bits per heavy atom. The Morgan fingerprint density at radius 1 is 1.00 bits per heavy atom. The van der Waals surface area contributed by atoms with Gasteiger partial charge in [-0.1, -0.05) is 32.9 Å². The fourth-order valence-electron chi connectivity index (χ4n) is 7.19. The summed E-state index contributed by atoms with van der Waals surface area (Å²) in [6.45, 7) is 6.53. The number of carbonyl (C=O) groups excluding carboxylic acids is 5. The third-order valence-electron chi connectivity index (χ3n) is 10.1. The second kappa shape index (κ2) is 16.7. The van der Waals surface area contributed by atoms with Crippen molar-refractivity contribution in [1.82, 2.24) is 26.2 Å². The van der Waals surface area contributed by atoms with Crippen molar-refractivity contribution >= 4 is 40.9 Å². The highest BCUT2D eigenvalue weighted by Crippen LogP contribution is 2.31. The summed E-state index contributed by atoms with van der Waals surface area (Å²) < 4.78 is 0. The van der Waals surface area contributed by atoms with Gasteiger partial charge in [-0.25, -0.2) is 0 Å². The Morgan fingerprint density at radius 2 is 1.76 bits per heavy atom. The van der Waals surface area contributed by atoms with E-state index in [4.69, 9.17) is 0 Å². The molecule has 0 unspecified atom stereocenters. The summed E-state index contributed by atoms with van der Waals surface area (Å²) in [7, 11) is 0. The van der Waals surface area contributed by atoms with E-state index in [9.17, 15) is 29.1 Å². The molecule has 3 heterocycles. The summed E-state index contributed by atoms with van der Waals surface area (Å²) in [5.41, 5.74) is 2.64. The molecule has 49 heavy (non-hydrogen) atoms. The van der Waals surface area contributed by atoms with Gasteiger partial charge in [-0.05, 0) is 86.5 Å². The van der Waals surface area contributed by atoms with Crippen molar-refractivity contribution in [3.8, 4) is 5.75 Å². The topological polar surface area (TPSA) is 157 Å². The third-order valence-corrected chi connectivity index (χ3v) is 11.2. The van der Waals surface area contributed by atoms with Gasteiger partial charge in [0, 0.05) is 54.7 Å². The van der Waals surface area contributed by atoms with E-state index in [-0.39, 0.29) is 91.6 Å². The van der Waals surface area contributed by atoms with Crippen molar-refractivity contribution < 1.29 is 29.1 Å². The Kier molecular flexibility index (Phi) is 12.4. The lowest BCUT2D eigenvalue weighted by Crippen LogP contribution is -2.50. The standard InChI is InChI=1S/C37H51N5O6S/c1-22(2)29-15-10-23(3)17-33(44)40-30(18-24-11-13-26(43)14-12-24)36(47)38-16-6-9-34(45)42-20-25(19-31(42)37(48)41-29)39-35(46)28-21-49-32-8-5-4-7-27(28)32/h11-14,21-23,25,29-31,43H,4-10,15-20H2,1-3H3,(H,38,47)(H,39,46)(H,40,44)(H,41,48)/t23-,25-,29+,30+,31+/m1/s1. The molecule has 1 aromatic heterocycles. The molecule has 1 aromatic carbocycles. The van der Waals surface area contributed by atoms with E-state index in [1.54, 1.807) is 40.5 Å². The van der Waals surface area contributed by atoms with Crippen molar-refractivity contribution in [3.05, 3.63) is 51.2 Å². The Labute approximate surface area is 293 Å². The molecule has 5 rings (SSSR count). The summed E-state index contributed by atoms with van der Waals surface area (Å²) in [5, 5.41) is 23.7. The molecule has 0 saturated carbocycles. The SMILES string of the molecule is CC(C)[C@@H]1CC[C@@H](C)CC(=O)N[C@@H](Cc2ccc(O)cc2)C(=O)NCCCC(=O)N2C[C@H](NC(=O)c3csc4c3CCCC4)C[C@H]2C(=O)N1. The normalized spacial score (nSPS) is 26.1. The second-order valence-electron chi connectivity index (χ2n) is 14.4. The highest BCUT2D eigenvalue weighted by molar-refractivity contribution is 7.10. The van der Waals surface area contributed by atoms with Crippen LogP contribution in [0.25, 0.3) is 0 Å². The number of thiophene rings is 1. The molecule has 12 heteroatoms. The minimum atomic E-state index is -0.817. The maximum absolute atomic E-state index is 13.8. The van der Waals surface area contributed by atoms with E-state index >= 15 is 0 Å². The van der Waals surface area contributed by atoms with Gasteiger partial charge in [0.2, 0.25) is 23.6 Å². The predicted octanol–water partition coefficient (Wildman–Crippen LogP) is 3.62. The molecule has 266 valence electrons. The first-order valence-corrected chi connectivity index (χ1v) is 18.7. The Bertz CT molecular complexity index is 1510. The number of nitrogens with zero attached hydrogens (tertiary/aromatic N) is 1. The zero-order valence-electron chi connectivity index (χ0n) is 28.9. The summed E-state index contributed by atoms with van der Waals surface area (Å²) >= 11 is 1.64. The zero-order valence-corrected chi connectivity index (χ0v) is 29.7. The van der Waals surface area contributed by atoms with Crippen LogP contribution in [0.2, 0.25) is 0 Å². The van der Waals surface area contributed by atoms with Crippen molar-refractivity contribution in [1.29, 1.82) is 0 Å². The van der Waals surface area contributed by atoms with Crippen LogP contribution in [-0.4, -0.2) is 76.8 Å². The largest absolute Gasteiger partial charge is 0.508 e. The first-order valence-electron chi connectivity index (χ1n) is 17.8. The van der Waals surface area contributed by atoms with Crippen LogP contribution in [0.4, 0.5) is 0 Å². The van der Waals surface area contributed by atoms with Gasteiger partial charge >= 0.3 is 0 Å². The molecule has 3 aliphatic rings. The van der Waals surface area contributed by atoms with Gasteiger partial charge in [-0.2, -0.15) is 0 Å². The fraction of sp³-hybridized carbons (Fsp3) is 0.595. The van der Waals surface area contributed by atoms with Gasteiger partial charge in [0.05, 0.1) is 5.56 Å². The second-order valence-corrected chi connectivity index (χ2v) is 15.3. The van der Waals surface area contributed by atoms with Crippen molar-refractivity contribution in [2.75, 3.05) is 13.1 Å². The molecule has 5 amide bonds. The van der Waals surface area contributed by atoms with Crippen molar-refractivity contribution in [3.63, 3.8) is 0 Å². The van der Waals surface area contributed by atoms with Crippen LogP contribution in [0.3, 0.4) is 0 Å². The lowest BCUT2D eigenvalue weighted by Gasteiger charge is -2.29. The molecule has 0 spiro atoms. The van der Waals surface area contributed by atoms with E-state index in [1.807, 2.05) is 26.2 Å². The fourth-order valence-corrected chi connectivity index (χ4v) is 8.32. The van der Waals surface area contributed by atoms with Gasteiger partial charge in [-0.15, -0.1) is 11.3 Å². The van der Waals surface area contributed by atoms with Crippen LogP contribution in [0.1, 0.15) is 98.5 Å². The molecular weight excluding hydrogens is 643 g/mol. The highest BCUT2D eigenvalue weighted by atomic mass is 32.1. The molecule has 11 nitrogen and oxygen atoms in total. The van der Waals surface area contributed by atoms with Crippen LogP contribution in [-0.2, 0) is 38.4 Å². The number of fused-ring (bicyclic) bond motifs is 2. The number of benzene rings is 1. The average Bonchev–Trinajstić information content (AvgIpc) is 3.70. The molecule has 2 saturated heterocycles. The number of amides is 5. The van der Waals surface area contributed by atoms with E-state index in [2.05, 4.69) is 21.3 Å². The number of phenols is 1. The molecule has 2 aliphatic heterocycles. The third kappa shape index (κ3) is 9.61. The molecule has 5 N–H and O–H groups in total. The lowest BCUT2D eigenvalue weighted by atomic mass is 9.92. The van der Waals surface area contributed by atoms with Gasteiger partial charge < -0.3 is 31.3 Å². The predicted molar refractivity (Wildman–Crippen MR) is 188 cm³/mol. The molecule has 2 fully saturated rings. The molecule has 5 atom stereocenters. The van der Waals surface area contributed by atoms with E-state index in [1.165, 1.54) is 4.88 Å². The van der Waals surface area contributed by atoms with Crippen LogP contribution in [0.5, 0.6) is 5.75 Å². The smallest absolute Gasteiger partial charge is 0.252 e. The average molecular weight is 694 g/mol. The monoisotopic (exact) mass is 693 g/mol. The van der Waals surface area contributed by atoms with Gasteiger partial charge in [-0.3, -0.25) is 24.0 Å². The number of hydrogen-bond acceptors (Lipinski definition) is 7. The van der Waals surface area contributed by atoms with Crippen LogP contribution >= 0.6 is 11.3 Å². The maximum Gasteiger partial charge on any atom is 0.252 e. The minimum absolute atomic E-state index is 0.00131. The summed E-state index contributed by atoms with van der Waals surface area (Å²) in [4.78, 5) is 70.2. The molecule has 2 aromatic rings. The number of carbonyl (C=O) groups is 5. The van der Waals surface area contributed by atoms with E-state index in [0.29, 0.717) is 31.2 Å². The molecule has 0 bridgehead atoms. The molecule has 0 radical (unpaired) electrons. The number of rotatable bonds is 5. The number of aromatic hydroxyl groups is 1. The first kappa shape index (κ1) is 36.4. The zero-order chi connectivity index (χ0) is 35.1. The van der Waals surface area contributed by atoms with E-state index < -0.39 is 12.1 Å². The van der Waals surface area contributed by atoms with Crippen LogP contribution < -0.4 is 21.3 Å². The Balaban J connectivity index is 1.30. The lowest BCUT2D eigenvalue weighted by molar-refractivity contribution is -0.139.